The second-order valence-corrected chi connectivity index (χ2v) is 10.0. The summed E-state index contributed by atoms with van der Waals surface area (Å²) in [5.74, 6) is 1.30. The summed E-state index contributed by atoms with van der Waals surface area (Å²) in [5, 5.41) is 4.17. The Morgan fingerprint density at radius 2 is 1.94 bits per heavy atom. The van der Waals surface area contributed by atoms with Crippen LogP contribution in [0.15, 0.2) is 46.2 Å². The molecule has 0 spiro atoms. The fourth-order valence-electron chi connectivity index (χ4n) is 4.57. The molecule has 3 aromatic rings. The Morgan fingerprint density at radius 3 is 2.64 bits per heavy atom. The summed E-state index contributed by atoms with van der Waals surface area (Å²) in [6.45, 7) is 9.03. The average Bonchev–Trinajstić information content (AvgIpc) is 2.84. The van der Waals surface area contributed by atoms with E-state index in [2.05, 4.69) is 27.1 Å². The van der Waals surface area contributed by atoms with Crippen molar-refractivity contribution >= 4 is 27.8 Å². The Bertz CT molecular complexity index is 1200. The predicted octanol–water partition coefficient (Wildman–Crippen LogP) is 3.75. The molecule has 0 radical (unpaired) electrons. The van der Waals surface area contributed by atoms with Crippen molar-refractivity contribution in [3.8, 4) is 11.1 Å². The zero-order valence-corrected chi connectivity index (χ0v) is 20.5. The second-order valence-electron chi connectivity index (χ2n) is 8.66. The number of nitrogens with one attached hydrogen (secondary N) is 1. The lowest BCUT2D eigenvalue weighted by Crippen LogP contribution is -2.33. The van der Waals surface area contributed by atoms with Gasteiger partial charge < -0.3 is 10.2 Å². The molecular weight excluding hydrogens is 434 g/mol. The van der Waals surface area contributed by atoms with Gasteiger partial charge in [0.1, 0.15) is 5.65 Å². The van der Waals surface area contributed by atoms with Crippen molar-refractivity contribution < 1.29 is 4.21 Å². The maximum absolute atomic E-state index is 13.3. The normalized spacial score (nSPS) is 16.2. The summed E-state index contributed by atoms with van der Waals surface area (Å²) >= 11 is 0. The van der Waals surface area contributed by atoms with E-state index >= 15 is 0 Å². The van der Waals surface area contributed by atoms with Gasteiger partial charge in [0.15, 0.2) is 0 Å². The molecule has 0 bridgehead atoms. The number of aromatic nitrogens is 3. The topological polar surface area (TPSA) is 80.1 Å². The first-order chi connectivity index (χ1) is 16.0. The van der Waals surface area contributed by atoms with E-state index in [1.807, 2.05) is 37.3 Å². The van der Waals surface area contributed by atoms with Crippen LogP contribution in [0.3, 0.4) is 0 Å². The molecule has 3 heterocycles. The van der Waals surface area contributed by atoms with Gasteiger partial charge in [-0.25, -0.2) is 4.98 Å². The Kier molecular flexibility index (Phi) is 7.55. The van der Waals surface area contributed by atoms with Gasteiger partial charge in [-0.3, -0.25) is 13.6 Å². The SMILES string of the molecule is CCN1CCC(CCNc2ncc3cc(-c4cccc(S(C)=O)c4)c(=O)n(CC)c3n2)CC1. The van der Waals surface area contributed by atoms with Gasteiger partial charge in [-0.05, 0) is 75.5 Å². The van der Waals surface area contributed by atoms with Crippen LogP contribution in [0.4, 0.5) is 5.95 Å². The highest BCUT2D eigenvalue weighted by Crippen LogP contribution is 2.23. The number of benzene rings is 1. The fourth-order valence-corrected chi connectivity index (χ4v) is 5.13. The maximum Gasteiger partial charge on any atom is 0.260 e. The van der Waals surface area contributed by atoms with Crippen LogP contribution in [0.1, 0.15) is 33.1 Å². The molecule has 2 aromatic heterocycles. The van der Waals surface area contributed by atoms with E-state index in [1.54, 1.807) is 17.0 Å². The first-order valence-electron chi connectivity index (χ1n) is 11.8. The monoisotopic (exact) mass is 467 g/mol. The molecule has 0 amide bonds. The minimum atomic E-state index is -1.11. The number of rotatable bonds is 8. The van der Waals surface area contributed by atoms with Crippen molar-refractivity contribution in [1.29, 1.82) is 0 Å². The van der Waals surface area contributed by atoms with E-state index < -0.39 is 10.8 Å². The third-order valence-electron chi connectivity index (χ3n) is 6.61. The van der Waals surface area contributed by atoms with Crippen molar-refractivity contribution in [2.45, 2.75) is 44.6 Å². The third-order valence-corrected chi connectivity index (χ3v) is 7.53. The Morgan fingerprint density at radius 1 is 1.15 bits per heavy atom. The van der Waals surface area contributed by atoms with Gasteiger partial charge in [0.25, 0.3) is 5.56 Å². The first-order valence-corrected chi connectivity index (χ1v) is 13.4. The van der Waals surface area contributed by atoms with Crippen LogP contribution in [-0.2, 0) is 17.3 Å². The summed E-state index contributed by atoms with van der Waals surface area (Å²) in [7, 11) is -1.11. The lowest BCUT2D eigenvalue weighted by Gasteiger charge is -2.31. The maximum atomic E-state index is 13.3. The molecule has 1 atom stereocenters. The quantitative estimate of drug-likeness (QED) is 0.544. The molecule has 1 aliphatic heterocycles. The average molecular weight is 468 g/mol. The number of aryl methyl sites for hydroxylation is 1. The van der Waals surface area contributed by atoms with Crippen molar-refractivity contribution in [2.75, 3.05) is 37.8 Å². The number of nitrogens with zero attached hydrogens (tertiary/aromatic N) is 4. The molecule has 8 heteroatoms. The number of fused-ring (bicyclic) bond motifs is 1. The van der Waals surface area contributed by atoms with Crippen LogP contribution in [-0.4, -0.2) is 56.1 Å². The first kappa shape index (κ1) is 23.6. The number of pyridine rings is 1. The molecule has 1 unspecified atom stereocenters. The van der Waals surface area contributed by atoms with Crippen LogP contribution >= 0.6 is 0 Å². The molecule has 176 valence electrons. The van der Waals surface area contributed by atoms with E-state index in [0.29, 0.717) is 28.6 Å². The van der Waals surface area contributed by atoms with Crippen LogP contribution < -0.4 is 10.9 Å². The molecule has 7 nitrogen and oxygen atoms in total. The molecule has 0 saturated carbocycles. The fraction of sp³-hybridized carbons (Fsp3) is 0.480. The number of hydrogen-bond acceptors (Lipinski definition) is 6. The van der Waals surface area contributed by atoms with Gasteiger partial charge in [0, 0.05) is 52.2 Å². The zero-order chi connectivity index (χ0) is 23.4. The predicted molar refractivity (Wildman–Crippen MR) is 135 cm³/mol. The van der Waals surface area contributed by atoms with Crippen LogP contribution in [0.5, 0.6) is 0 Å². The van der Waals surface area contributed by atoms with Gasteiger partial charge in [-0.15, -0.1) is 0 Å². The smallest absolute Gasteiger partial charge is 0.260 e. The molecule has 1 N–H and O–H groups in total. The van der Waals surface area contributed by atoms with Gasteiger partial charge in [0.2, 0.25) is 5.95 Å². The summed E-state index contributed by atoms with van der Waals surface area (Å²) in [5.41, 5.74) is 1.86. The third kappa shape index (κ3) is 5.33. The summed E-state index contributed by atoms with van der Waals surface area (Å²) in [4.78, 5) is 25.7. The Labute approximate surface area is 197 Å². The summed E-state index contributed by atoms with van der Waals surface area (Å²) in [6.07, 6.45) is 7.02. The zero-order valence-electron chi connectivity index (χ0n) is 19.7. The summed E-state index contributed by atoms with van der Waals surface area (Å²) < 4.78 is 13.6. The second kappa shape index (κ2) is 10.6. The molecule has 33 heavy (non-hydrogen) atoms. The van der Waals surface area contributed by atoms with Crippen molar-refractivity contribution in [2.24, 2.45) is 5.92 Å². The highest BCUT2D eigenvalue weighted by Gasteiger charge is 2.18. The lowest BCUT2D eigenvalue weighted by molar-refractivity contribution is 0.189. The molecule has 1 fully saturated rings. The van der Waals surface area contributed by atoms with E-state index in [-0.39, 0.29) is 5.56 Å². The van der Waals surface area contributed by atoms with Crippen LogP contribution in [0, 0.1) is 5.92 Å². The standard InChI is InChI=1S/C25H33N5O2S/c1-4-29-13-10-18(11-14-29)9-12-26-25-27-17-20-16-22(24(31)30(5-2)23(20)28-25)19-7-6-8-21(15-19)33(3)32/h6-8,15-18H,4-5,9-14H2,1-3H3,(H,26,27,28). The minimum absolute atomic E-state index is 0.101. The van der Waals surface area contributed by atoms with Gasteiger partial charge in [-0.2, -0.15) is 4.98 Å². The molecule has 4 rings (SSSR count). The molecule has 0 aliphatic carbocycles. The molecule has 1 aliphatic rings. The van der Waals surface area contributed by atoms with Crippen molar-refractivity contribution in [3.63, 3.8) is 0 Å². The van der Waals surface area contributed by atoms with Gasteiger partial charge in [-0.1, -0.05) is 19.1 Å². The highest BCUT2D eigenvalue weighted by atomic mass is 32.2. The number of piperidine rings is 1. The van der Waals surface area contributed by atoms with Crippen molar-refractivity contribution in [3.05, 3.63) is 46.9 Å². The largest absolute Gasteiger partial charge is 0.354 e. The van der Waals surface area contributed by atoms with Gasteiger partial charge in [0.05, 0.1) is 0 Å². The lowest BCUT2D eigenvalue weighted by atomic mass is 9.93. The van der Waals surface area contributed by atoms with Crippen LogP contribution in [0.2, 0.25) is 0 Å². The van der Waals surface area contributed by atoms with E-state index in [4.69, 9.17) is 0 Å². The molecule has 1 saturated heterocycles. The molecule has 1 aromatic carbocycles. The minimum Gasteiger partial charge on any atom is -0.354 e. The van der Waals surface area contributed by atoms with Crippen molar-refractivity contribution in [1.82, 2.24) is 19.4 Å². The number of anilines is 1. The number of likely N-dealkylation sites (tertiary alicyclic amines) is 1. The van der Waals surface area contributed by atoms with Gasteiger partial charge >= 0.3 is 0 Å². The van der Waals surface area contributed by atoms with E-state index in [1.165, 1.54) is 25.9 Å². The van der Waals surface area contributed by atoms with Crippen LogP contribution in [0.25, 0.3) is 22.2 Å². The van der Waals surface area contributed by atoms with E-state index in [0.717, 1.165) is 36.4 Å². The summed E-state index contributed by atoms with van der Waals surface area (Å²) in [6, 6.07) is 9.18. The van der Waals surface area contributed by atoms with E-state index in [9.17, 15) is 9.00 Å². The highest BCUT2D eigenvalue weighted by molar-refractivity contribution is 7.84. The Hall–Kier alpha value is -2.58. The number of hydrogen-bond donors (Lipinski definition) is 1. The Balaban J connectivity index is 1.54. The molecular formula is C25H33N5O2S.